The smallest absolute Gasteiger partial charge is 0.239 e. The van der Waals surface area contributed by atoms with Crippen molar-refractivity contribution in [2.24, 2.45) is 5.73 Å². The highest BCUT2D eigenvalue weighted by atomic mass is 35.5. The van der Waals surface area contributed by atoms with E-state index >= 15 is 0 Å². The van der Waals surface area contributed by atoms with Crippen molar-refractivity contribution < 1.29 is 4.79 Å². The number of rotatable bonds is 5. The van der Waals surface area contributed by atoms with Crippen LogP contribution in [-0.2, 0) is 4.79 Å². The first-order chi connectivity index (χ1) is 10.1. The normalized spacial score (nSPS) is 16.9. The van der Waals surface area contributed by atoms with Gasteiger partial charge in [-0.1, -0.05) is 11.6 Å². The molecule has 116 valence electrons. The Kier molecular flexibility index (Phi) is 6.14. The molecule has 0 saturated carbocycles. The molecule has 1 aromatic heterocycles. The summed E-state index contributed by atoms with van der Waals surface area (Å²) in [5, 5.41) is 0.647. The Balaban J connectivity index is 1.88. The van der Waals surface area contributed by atoms with E-state index in [2.05, 4.69) is 9.88 Å². The van der Waals surface area contributed by atoms with Crippen molar-refractivity contribution in [1.82, 2.24) is 9.88 Å². The predicted octanol–water partition coefficient (Wildman–Crippen LogP) is 1.46. The third-order valence-electron chi connectivity index (χ3n) is 3.63. The van der Waals surface area contributed by atoms with Gasteiger partial charge < -0.3 is 15.5 Å². The van der Waals surface area contributed by atoms with Gasteiger partial charge in [-0.25, -0.2) is 0 Å². The molecule has 1 atom stereocenters. The zero-order chi connectivity index (χ0) is 15.2. The number of aromatic nitrogens is 1. The number of carbonyl (C=O) groups is 1. The number of halogens is 1. The minimum absolute atomic E-state index is 0.0597. The SMILES string of the molecule is CSCC[C@H](N)C(=O)N1CCN(c2ccncc2Cl)CC1. The van der Waals surface area contributed by atoms with Crippen molar-refractivity contribution in [2.45, 2.75) is 12.5 Å². The van der Waals surface area contributed by atoms with E-state index in [0.717, 1.165) is 31.0 Å². The van der Waals surface area contributed by atoms with Crippen LogP contribution in [0.5, 0.6) is 0 Å². The Bertz CT molecular complexity index is 480. The number of pyridine rings is 1. The minimum atomic E-state index is -0.381. The molecule has 5 nitrogen and oxygen atoms in total. The summed E-state index contributed by atoms with van der Waals surface area (Å²) < 4.78 is 0. The second kappa shape index (κ2) is 7.87. The lowest BCUT2D eigenvalue weighted by atomic mass is 10.2. The van der Waals surface area contributed by atoms with E-state index in [1.54, 1.807) is 24.2 Å². The van der Waals surface area contributed by atoms with Crippen LogP contribution in [0.25, 0.3) is 0 Å². The van der Waals surface area contributed by atoms with Crippen molar-refractivity contribution in [1.29, 1.82) is 0 Å². The molecule has 2 rings (SSSR count). The van der Waals surface area contributed by atoms with Gasteiger partial charge in [-0.05, 0) is 24.5 Å². The summed E-state index contributed by atoms with van der Waals surface area (Å²) >= 11 is 7.87. The third-order valence-corrected chi connectivity index (χ3v) is 4.57. The van der Waals surface area contributed by atoms with Crippen LogP contribution in [0.1, 0.15) is 6.42 Å². The summed E-state index contributed by atoms with van der Waals surface area (Å²) in [5.41, 5.74) is 6.93. The summed E-state index contributed by atoms with van der Waals surface area (Å²) in [5.74, 6) is 0.976. The molecule has 1 aliphatic rings. The first-order valence-electron chi connectivity index (χ1n) is 7.01. The predicted molar refractivity (Wildman–Crippen MR) is 89.0 cm³/mol. The number of thioether (sulfide) groups is 1. The Labute approximate surface area is 134 Å². The number of nitrogens with two attached hydrogens (primary N) is 1. The van der Waals surface area contributed by atoms with Gasteiger partial charge in [0.05, 0.1) is 16.8 Å². The van der Waals surface area contributed by atoms with Crippen molar-refractivity contribution in [3.8, 4) is 0 Å². The van der Waals surface area contributed by atoms with Gasteiger partial charge in [-0.2, -0.15) is 11.8 Å². The van der Waals surface area contributed by atoms with E-state index in [4.69, 9.17) is 17.3 Å². The topological polar surface area (TPSA) is 62.5 Å². The van der Waals surface area contributed by atoms with Gasteiger partial charge in [0.2, 0.25) is 5.91 Å². The maximum absolute atomic E-state index is 12.3. The van der Waals surface area contributed by atoms with E-state index in [-0.39, 0.29) is 11.9 Å². The summed E-state index contributed by atoms with van der Waals surface area (Å²) in [6.45, 7) is 2.91. The molecule has 0 aromatic carbocycles. The zero-order valence-electron chi connectivity index (χ0n) is 12.2. The molecular weight excluding hydrogens is 308 g/mol. The minimum Gasteiger partial charge on any atom is -0.367 e. The van der Waals surface area contributed by atoms with E-state index < -0.39 is 0 Å². The van der Waals surface area contributed by atoms with Gasteiger partial charge in [0.15, 0.2) is 0 Å². The van der Waals surface area contributed by atoms with Crippen LogP contribution >= 0.6 is 23.4 Å². The fourth-order valence-corrected chi connectivity index (χ4v) is 3.12. The van der Waals surface area contributed by atoms with E-state index in [1.165, 1.54) is 0 Å². The summed E-state index contributed by atoms with van der Waals surface area (Å²) in [7, 11) is 0. The molecule has 0 aliphatic carbocycles. The van der Waals surface area contributed by atoms with Gasteiger partial charge in [-0.15, -0.1) is 0 Å². The van der Waals surface area contributed by atoms with Crippen LogP contribution in [-0.4, -0.2) is 60.0 Å². The second-order valence-electron chi connectivity index (χ2n) is 5.03. The Morgan fingerprint density at radius 3 is 2.81 bits per heavy atom. The highest BCUT2D eigenvalue weighted by Crippen LogP contribution is 2.25. The molecule has 1 aromatic rings. The van der Waals surface area contributed by atoms with Crippen LogP contribution in [0.15, 0.2) is 18.5 Å². The molecule has 1 saturated heterocycles. The largest absolute Gasteiger partial charge is 0.367 e. The monoisotopic (exact) mass is 328 g/mol. The van der Waals surface area contributed by atoms with Crippen LogP contribution < -0.4 is 10.6 Å². The number of piperazine rings is 1. The van der Waals surface area contributed by atoms with E-state index in [0.29, 0.717) is 18.1 Å². The lowest BCUT2D eigenvalue weighted by Crippen LogP contribution is -2.53. The quantitative estimate of drug-likeness (QED) is 0.886. The third kappa shape index (κ3) is 4.25. The molecule has 2 heterocycles. The van der Waals surface area contributed by atoms with Gasteiger partial charge in [-0.3, -0.25) is 9.78 Å². The number of hydrogen-bond acceptors (Lipinski definition) is 5. The number of carbonyl (C=O) groups excluding carboxylic acids is 1. The van der Waals surface area contributed by atoms with Crippen molar-refractivity contribution >= 4 is 35.0 Å². The number of amides is 1. The van der Waals surface area contributed by atoms with Crippen LogP contribution in [0.3, 0.4) is 0 Å². The standard InChI is InChI=1S/C14H21ClN4OS/c1-21-9-3-12(16)14(20)19-7-5-18(6-8-19)13-2-4-17-10-11(13)15/h2,4,10,12H,3,5-9,16H2,1H3/t12-/m0/s1. The maximum Gasteiger partial charge on any atom is 0.239 e. The zero-order valence-corrected chi connectivity index (χ0v) is 13.7. The molecule has 0 spiro atoms. The summed E-state index contributed by atoms with van der Waals surface area (Å²) in [6, 6.07) is 1.53. The molecular formula is C14H21ClN4OS. The van der Waals surface area contributed by atoms with E-state index in [9.17, 15) is 4.79 Å². The average Bonchev–Trinajstić information content (AvgIpc) is 2.52. The first kappa shape index (κ1) is 16.4. The van der Waals surface area contributed by atoms with Crippen molar-refractivity contribution in [2.75, 3.05) is 43.1 Å². The summed E-state index contributed by atoms with van der Waals surface area (Å²) in [4.78, 5) is 20.3. The Morgan fingerprint density at radius 2 is 2.19 bits per heavy atom. The Morgan fingerprint density at radius 1 is 1.48 bits per heavy atom. The van der Waals surface area contributed by atoms with Crippen LogP contribution in [0.4, 0.5) is 5.69 Å². The maximum atomic E-state index is 12.3. The van der Waals surface area contributed by atoms with Gasteiger partial charge >= 0.3 is 0 Å². The number of nitrogens with zero attached hydrogens (tertiary/aromatic N) is 3. The second-order valence-corrected chi connectivity index (χ2v) is 6.42. The molecule has 2 N–H and O–H groups in total. The fraction of sp³-hybridized carbons (Fsp3) is 0.571. The van der Waals surface area contributed by atoms with E-state index in [1.807, 2.05) is 17.2 Å². The molecule has 21 heavy (non-hydrogen) atoms. The average molecular weight is 329 g/mol. The van der Waals surface area contributed by atoms with Crippen molar-refractivity contribution in [3.63, 3.8) is 0 Å². The summed E-state index contributed by atoms with van der Waals surface area (Å²) in [6.07, 6.45) is 6.13. The lowest BCUT2D eigenvalue weighted by Gasteiger charge is -2.37. The number of anilines is 1. The van der Waals surface area contributed by atoms with Gasteiger partial charge in [0.1, 0.15) is 0 Å². The highest BCUT2D eigenvalue weighted by Gasteiger charge is 2.25. The number of hydrogen-bond donors (Lipinski definition) is 1. The molecule has 0 bridgehead atoms. The van der Waals surface area contributed by atoms with Gasteiger partial charge in [0, 0.05) is 38.6 Å². The molecule has 1 amide bonds. The molecule has 1 aliphatic heterocycles. The van der Waals surface area contributed by atoms with Crippen LogP contribution in [0, 0.1) is 0 Å². The highest BCUT2D eigenvalue weighted by molar-refractivity contribution is 7.98. The first-order valence-corrected chi connectivity index (χ1v) is 8.78. The Hall–Kier alpha value is -0.980. The molecule has 1 fully saturated rings. The fourth-order valence-electron chi connectivity index (χ4n) is 2.39. The van der Waals surface area contributed by atoms with Gasteiger partial charge in [0.25, 0.3) is 0 Å². The molecule has 7 heteroatoms. The van der Waals surface area contributed by atoms with Crippen molar-refractivity contribution in [3.05, 3.63) is 23.5 Å². The lowest BCUT2D eigenvalue weighted by molar-refractivity contribution is -0.132. The molecule has 0 radical (unpaired) electrons. The van der Waals surface area contributed by atoms with Crippen LogP contribution in [0.2, 0.25) is 5.02 Å². The molecule has 0 unspecified atom stereocenters.